The van der Waals surface area contributed by atoms with E-state index in [-0.39, 0.29) is 0 Å². The summed E-state index contributed by atoms with van der Waals surface area (Å²) in [6.45, 7) is 16.3. The fraction of sp³-hybridized carbons (Fsp3) is 0.853. The van der Waals surface area contributed by atoms with Crippen LogP contribution < -0.4 is 0 Å². The Labute approximate surface area is 231 Å². The molecular formula is C34H62OS. The molecule has 0 spiro atoms. The SMILES string of the molecule is CC1C=CCC(C)(C)C1.CCCCCCCCCCCCSCC(=O)CCC1C(C)=CCCC1(C)C. The van der Waals surface area contributed by atoms with Crippen molar-refractivity contribution in [2.24, 2.45) is 22.7 Å². The Hall–Kier alpha value is -0.500. The molecule has 0 bridgehead atoms. The third-order valence-corrected chi connectivity index (χ3v) is 9.48. The van der Waals surface area contributed by atoms with Crippen LogP contribution in [0.5, 0.6) is 0 Å². The molecule has 36 heavy (non-hydrogen) atoms. The number of rotatable bonds is 16. The number of allylic oxidation sites excluding steroid dienone is 4. The summed E-state index contributed by atoms with van der Waals surface area (Å²) in [7, 11) is 0. The van der Waals surface area contributed by atoms with E-state index in [9.17, 15) is 4.79 Å². The molecule has 0 saturated carbocycles. The molecule has 2 rings (SSSR count). The number of Topliss-reactive ketones (excluding diaryl/α,β-unsaturated/α-hetero) is 1. The van der Waals surface area contributed by atoms with Gasteiger partial charge in [0, 0.05) is 6.42 Å². The number of unbranched alkanes of at least 4 members (excludes halogenated alkanes) is 9. The van der Waals surface area contributed by atoms with Crippen molar-refractivity contribution in [1.82, 2.24) is 0 Å². The number of hydrogen-bond donors (Lipinski definition) is 0. The fourth-order valence-electron chi connectivity index (χ4n) is 6.12. The van der Waals surface area contributed by atoms with Gasteiger partial charge in [0.25, 0.3) is 0 Å². The van der Waals surface area contributed by atoms with E-state index in [0.717, 1.165) is 30.3 Å². The van der Waals surface area contributed by atoms with Crippen molar-refractivity contribution in [3.63, 3.8) is 0 Å². The van der Waals surface area contributed by atoms with Crippen LogP contribution in [0.3, 0.4) is 0 Å². The van der Waals surface area contributed by atoms with E-state index < -0.39 is 0 Å². The van der Waals surface area contributed by atoms with Crippen LogP contribution in [0.25, 0.3) is 0 Å². The van der Waals surface area contributed by atoms with Crippen LogP contribution in [-0.2, 0) is 4.79 Å². The van der Waals surface area contributed by atoms with Crippen molar-refractivity contribution in [2.45, 2.75) is 151 Å². The molecule has 0 radical (unpaired) electrons. The van der Waals surface area contributed by atoms with Gasteiger partial charge in [-0.05, 0) is 73.9 Å². The molecular weight excluding hydrogens is 456 g/mol. The number of thioether (sulfide) groups is 1. The molecule has 2 aliphatic rings. The topological polar surface area (TPSA) is 17.1 Å². The fourth-order valence-corrected chi connectivity index (χ4v) is 7.05. The van der Waals surface area contributed by atoms with Crippen molar-refractivity contribution in [2.75, 3.05) is 11.5 Å². The van der Waals surface area contributed by atoms with Gasteiger partial charge in [0.15, 0.2) is 0 Å². The summed E-state index contributed by atoms with van der Waals surface area (Å²) in [5.74, 6) is 3.75. The van der Waals surface area contributed by atoms with E-state index in [1.165, 1.54) is 95.5 Å². The highest BCUT2D eigenvalue weighted by Crippen LogP contribution is 2.43. The summed E-state index contributed by atoms with van der Waals surface area (Å²) >= 11 is 1.86. The second-order valence-corrected chi connectivity index (χ2v) is 14.4. The maximum absolute atomic E-state index is 12.2. The number of ketones is 1. The molecule has 0 aromatic rings. The first-order chi connectivity index (χ1) is 17.1. The molecule has 2 atom stereocenters. The van der Waals surface area contributed by atoms with Gasteiger partial charge >= 0.3 is 0 Å². The molecule has 0 amide bonds. The van der Waals surface area contributed by atoms with E-state index in [2.05, 4.69) is 66.7 Å². The molecule has 2 heteroatoms. The van der Waals surface area contributed by atoms with Gasteiger partial charge in [-0.3, -0.25) is 4.79 Å². The Morgan fingerprint density at radius 1 is 0.972 bits per heavy atom. The largest absolute Gasteiger partial charge is 0.299 e. The minimum atomic E-state index is 0.363. The highest BCUT2D eigenvalue weighted by atomic mass is 32.2. The second kappa shape index (κ2) is 18.7. The molecule has 210 valence electrons. The molecule has 1 nitrogen and oxygen atoms in total. The lowest BCUT2D eigenvalue weighted by molar-refractivity contribution is -0.117. The highest BCUT2D eigenvalue weighted by molar-refractivity contribution is 7.99. The standard InChI is InChI=1S/C25H46OS.C9H16/c1-5-6-7-8-9-10-11-12-13-14-20-27-21-23(26)17-18-24-22(2)16-15-19-25(24,3)4;1-8-5-4-6-9(2,3)7-8/h16,24H,5-15,17-21H2,1-4H3;4-5,8H,6-7H2,1-3H3. The molecule has 0 N–H and O–H groups in total. The summed E-state index contributed by atoms with van der Waals surface area (Å²) in [5.41, 5.74) is 2.44. The van der Waals surface area contributed by atoms with Crippen LogP contribution in [0.15, 0.2) is 23.8 Å². The molecule has 0 aromatic carbocycles. The van der Waals surface area contributed by atoms with Crippen molar-refractivity contribution in [3.8, 4) is 0 Å². The van der Waals surface area contributed by atoms with Gasteiger partial charge in [0.2, 0.25) is 0 Å². The van der Waals surface area contributed by atoms with Crippen molar-refractivity contribution >= 4 is 17.5 Å². The Bertz CT molecular complexity index is 642. The third-order valence-electron chi connectivity index (χ3n) is 8.37. The summed E-state index contributed by atoms with van der Waals surface area (Å²) in [5, 5.41) is 0. The van der Waals surface area contributed by atoms with Gasteiger partial charge in [-0.2, -0.15) is 11.8 Å². The molecule has 0 aromatic heterocycles. The van der Waals surface area contributed by atoms with E-state index in [1.54, 1.807) is 0 Å². The lowest BCUT2D eigenvalue weighted by Crippen LogP contribution is -2.28. The normalized spacial score (nSPS) is 22.5. The molecule has 2 aliphatic carbocycles. The van der Waals surface area contributed by atoms with Crippen LogP contribution in [0, 0.1) is 22.7 Å². The highest BCUT2D eigenvalue weighted by Gasteiger charge is 2.32. The van der Waals surface area contributed by atoms with Crippen molar-refractivity contribution in [1.29, 1.82) is 0 Å². The Morgan fingerprint density at radius 3 is 2.11 bits per heavy atom. The first-order valence-electron chi connectivity index (χ1n) is 15.5. The van der Waals surface area contributed by atoms with E-state index in [1.807, 2.05) is 11.8 Å². The minimum absolute atomic E-state index is 0.363. The molecule has 0 heterocycles. The van der Waals surface area contributed by atoms with Crippen LogP contribution in [-0.4, -0.2) is 17.3 Å². The summed E-state index contributed by atoms with van der Waals surface area (Å²) in [6, 6.07) is 0. The number of carbonyl (C=O) groups is 1. The van der Waals surface area contributed by atoms with Crippen LogP contribution in [0.1, 0.15) is 151 Å². The van der Waals surface area contributed by atoms with E-state index in [4.69, 9.17) is 0 Å². The predicted octanol–water partition coefficient (Wildman–Crippen LogP) is 11.4. The van der Waals surface area contributed by atoms with Gasteiger partial charge < -0.3 is 0 Å². The zero-order valence-corrected chi connectivity index (χ0v) is 26.2. The molecule has 0 aliphatic heterocycles. The zero-order chi connectivity index (χ0) is 26.9. The van der Waals surface area contributed by atoms with Crippen molar-refractivity contribution in [3.05, 3.63) is 23.8 Å². The van der Waals surface area contributed by atoms with Gasteiger partial charge in [0.1, 0.15) is 5.78 Å². The Morgan fingerprint density at radius 2 is 1.58 bits per heavy atom. The Kier molecular flexibility index (Phi) is 17.4. The van der Waals surface area contributed by atoms with Crippen molar-refractivity contribution < 1.29 is 4.79 Å². The van der Waals surface area contributed by atoms with Crippen LogP contribution >= 0.6 is 11.8 Å². The minimum Gasteiger partial charge on any atom is -0.299 e. The number of hydrogen-bond acceptors (Lipinski definition) is 2. The quantitative estimate of drug-likeness (QED) is 0.149. The lowest BCUT2D eigenvalue weighted by Gasteiger charge is -2.38. The van der Waals surface area contributed by atoms with E-state index >= 15 is 0 Å². The van der Waals surface area contributed by atoms with Crippen LogP contribution in [0.4, 0.5) is 0 Å². The third kappa shape index (κ3) is 15.7. The second-order valence-electron chi connectivity index (χ2n) is 13.3. The number of carbonyl (C=O) groups excluding carboxylic acids is 1. The average molecular weight is 519 g/mol. The summed E-state index contributed by atoms with van der Waals surface area (Å²) in [6.07, 6.45) is 27.8. The zero-order valence-electron chi connectivity index (χ0n) is 25.4. The first kappa shape index (κ1) is 33.5. The lowest BCUT2D eigenvalue weighted by atomic mass is 9.67. The maximum Gasteiger partial charge on any atom is 0.142 e. The Balaban J connectivity index is 0.000000600. The van der Waals surface area contributed by atoms with Gasteiger partial charge in [-0.15, -0.1) is 0 Å². The van der Waals surface area contributed by atoms with Gasteiger partial charge in [0.05, 0.1) is 5.75 Å². The summed E-state index contributed by atoms with van der Waals surface area (Å²) < 4.78 is 0. The van der Waals surface area contributed by atoms with Crippen LogP contribution in [0.2, 0.25) is 0 Å². The molecule has 2 unspecified atom stereocenters. The first-order valence-corrected chi connectivity index (χ1v) is 16.7. The summed E-state index contributed by atoms with van der Waals surface area (Å²) in [4.78, 5) is 12.2. The smallest absolute Gasteiger partial charge is 0.142 e. The van der Waals surface area contributed by atoms with Gasteiger partial charge in [-0.1, -0.05) is 123 Å². The van der Waals surface area contributed by atoms with E-state index in [0.29, 0.717) is 22.5 Å². The van der Waals surface area contributed by atoms with Gasteiger partial charge in [-0.25, -0.2) is 0 Å². The average Bonchev–Trinajstić information content (AvgIpc) is 2.78. The molecule has 0 fully saturated rings. The molecule has 0 saturated heterocycles. The monoisotopic (exact) mass is 518 g/mol. The maximum atomic E-state index is 12.2. The predicted molar refractivity (Wildman–Crippen MR) is 165 cm³/mol.